The zero-order chi connectivity index (χ0) is 11.5. The van der Waals surface area contributed by atoms with Gasteiger partial charge < -0.3 is 9.47 Å². The molecule has 1 aromatic rings. The van der Waals surface area contributed by atoms with Crippen LogP contribution >= 0.6 is 11.6 Å². The minimum Gasteiger partial charge on any atom is -0.346 e. The van der Waals surface area contributed by atoms with Gasteiger partial charge in [0, 0.05) is 5.56 Å². The number of benzene rings is 1. The molecule has 3 heteroatoms. The molecule has 0 aromatic heterocycles. The van der Waals surface area contributed by atoms with Crippen molar-refractivity contribution >= 4 is 11.6 Å². The fourth-order valence-electron chi connectivity index (χ4n) is 1.74. The average molecular weight is 241 g/mol. The third-order valence-electron chi connectivity index (χ3n) is 2.80. The first-order valence-corrected chi connectivity index (χ1v) is 6.17. The molecule has 88 valence electrons. The normalized spacial score (nSPS) is 25.2. The highest BCUT2D eigenvalue weighted by atomic mass is 35.5. The molecule has 2 rings (SSSR count). The minimum atomic E-state index is -0.245. The number of hydrogen-bond acceptors (Lipinski definition) is 2. The summed E-state index contributed by atoms with van der Waals surface area (Å²) in [6.07, 6.45) is -0.221. The second kappa shape index (κ2) is 5.17. The van der Waals surface area contributed by atoms with Gasteiger partial charge in [-0.1, -0.05) is 38.1 Å². The van der Waals surface area contributed by atoms with E-state index in [2.05, 4.69) is 38.1 Å². The van der Waals surface area contributed by atoms with E-state index in [1.54, 1.807) is 0 Å². The maximum atomic E-state index is 5.72. The lowest BCUT2D eigenvalue weighted by atomic mass is 10.0. The molecule has 16 heavy (non-hydrogen) atoms. The highest BCUT2D eigenvalue weighted by Gasteiger charge is 2.26. The molecule has 0 radical (unpaired) electrons. The van der Waals surface area contributed by atoms with Crippen LogP contribution in [0.3, 0.4) is 0 Å². The van der Waals surface area contributed by atoms with Crippen molar-refractivity contribution in [2.75, 3.05) is 12.5 Å². The fraction of sp³-hybridized carbons (Fsp3) is 0.538. The van der Waals surface area contributed by atoms with Gasteiger partial charge in [-0.15, -0.1) is 11.6 Å². The van der Waals surface area contributed by atoms with Gasteiger partial charge in [0.1, 0.15) is 0 Å². The third-order valence-corrected chi connectivity index (χ3v) is 3.14. The van der Waals surface area contributed by atoms with Crippen LogP contribution in [0.25, 0.3) is 0 Å². The molecule has 2 atom stereocenters. The Balaban J connectivity index is 2.05. The second-order valence-electron chi connectivity index (χ2n) is 4.40. The number of alkyl halides is 1. The summed E-state index contributed by atoms with van der Waals surface area (Å²) in [5.41, 5.74) is 2.40. The largest absolute Gasteiger partial charge is 0.346 e. The number of ether oxygens (including phenoxy) is 2. The van der Waals surface area contributed by atoms with Crippen molar-refractivity contribution in [1.29, 1.82) is 0 Å². The first-order valence-electron chi connectivity index (χ1n) is 5.63. The maximum Gasteiger partial charge on any atom is 0.184 e. The Labute approximate surface area is 102 Å². The van der Waals surface area contributed by atoms with E-state index in [4.69, 9.17) is 21.1 Å². The molecule has 0 N–H and O–H groups in total. The van der Waals surface area contributed by atoms with Crippen molar-refractivity contribution in [1.82, 2.24) is 0 Å². The smallest absolute Gasteiger partial charge is 0.184 e. The molecule has 2 unspecified atom stereocenters. The van der Waals surface area contributed by atoms with E-state index in [0.717, 1.165) is 5.56 Å². The summed E-state index contributed by atoms with van der Waals surface area (Å²) in [6, 6.07) is 8.38. The summed E-state index contributed by atoms with van der Waals surface area (Å²) in [5.74, 6) is 1.04. The summed E-state index contributed by atoms with van der Waals surface area (Å²) >= 11 is 5.72. The number of rotatable bonds is 3. The van der Waals surface area contributed by atoms with E-state index in [-0.39, 0.29) is 12.4 Å². The van der Waals surface area contributed by atoms with Crippen LogP contribution in [0.1, 0.15) is 37.2 Å². The average Bonchev–Trinajstić information content (AvgIpc) is 2.77. The fourth-order valence-corrected chi connectivity index (χ4v) is 1.90. The Morgan fingerprint density at radius 3 is 2.50 bits per heavy atom. The standard InChI is InChI=1S/C13H17ClO2/c1-9(2)10-3-5-11(6-4-10)13-15-8-12(7-14)16-13/h3-6,9,12-13H,7-8H2,1-2H3. The molecule has 0 amide bonds. The van der Waals surface area contributed by atoms with E-state index in [1.807, 2.05) is 0 Å². The molecule has 1 saturated heterocycles. The van der Waals surface area contributed by atoms with Crippen molar-refractivity contribution in [2.24, 2.45) is 0 Å². The van der Waals surface area contributed by atoms with Crippen LogP contribution in [0.4, 0.5) is 0 Å². The van der Waals surface area contributed by atoms with Crippen molar-refractivity contribution in [3.05, 3.63) is 35.4 Å². The predicted molar refractivity (Wildman–Crippen MR) is 64.8 cm³/mol. The summed E-state index contributed by atoms with van der Waals surface area (Å²) in [7, 11) is 0. The van der Waals surface area contributed by atoms with Crippen LogP contribution in [0, 0.1) is 0 Å². The van der Waals surface area contributed by atoms with Gasteiger partial charge in [-0.3, -0.25) is 0 Å². The van der Waals surface area contributed by atoms with Crippen molar-refractivity contribution < 1.29 is 9.47 Å². The first kappa shape index (κ1) is 11.9. The van der Waals surface area contributed by atoms with Crippen LogP contribution in [0.15, 0.2) is 24.3 Å². The summed E-state index contributed by atoms with van der Waals surface area (Å²) in [4.78, 5) is 0. The Kier molecular flexibility index (Phi) is 3.85. The molecule has 1 heterocycles. The van der Waals surface area contributed by atoms with Crippen LogP contribution in [-0.4, -0.2) is 18.6 Å². The lowest BCUT2D eigenvalue weighted by Gasteiger charge is -2.12. The zero-order valence-corrected chi connectivity index (χ0v) is 10.4. The molecule has 0 aliphatic carbocycles. The van der Waals surface area contributed by atoms with E-state index < -0.39 is 0 Å². The highest BCUT2D eigenvalue weighted by Crippen LogP contribution is 2.28. The maximum absolute atomic E-state index is 5.72. The Morgan fingerprint density at radius 2 is 2.00 bits per heavy atom. The van der Waals surface area contributed by atoms with Crippen LogP contribution < -0.4 is 0 Å². The van der Waals surface area contributed by atoms with Crippen molar-refractivity contribution in [3.63, 3.8) is 0 Å². The molecule has 1 aromatic carbocycles. The molecule has 0 spiro atoms. The van der Waals surface area contributed by atoms with Gasteiger partial charge in [0.2, 0.25) is 0 Å². The number of hydrogen-bond donors (Lipinski definition) is 0. The van der Waals surface area contributed by atoms with E-state index in [1.165, 1.54) is 5.56 Å². The van der Waals surface area contributed by atoms with Crippen LogP contribution in [0.5, 0.6) is 0 Å². The molecule has 1 aliphatic rings. The Hall–Kier alpha value is -0.570. The molecule has 0 saturated carbocycles. The minimum absolute atomic E-state index is 0.0245. The van der Waals surface area contributed by atoms with E-state index in [9.17, 15) is 0 Å². The van der Waals surface area contributed by atoms with Gasteiger partial charge in [-0.25, -0.2) is 0 Å². The monoisotopic (exact) mass is 240 g/mol. The molecular formula is C13H17ClO2. The van der Waals surface area contributed by atoms with Gasteiger partial charge in [0.05, 0.1) is 18.6 Å². The van der Waals surface area contributed by atoms with Gasteiger partial charge in [0.15, 0.2) is 6.29 Å². The molecular weight excluding hydrogens is 224 g/mol. The topological polar surface area (TPSA) is 18.5 Å². The van der Waals surface area contributed by atoms with E-state index in [0.29, 0.717) is 18.4 Å². The van der Waals surface area contributed by atoms with Gasteiger partial charge in [-0.2, -0.15) is 0 Å². The molecule has 1 fully saturated rings. The lowest BCUT2D eigenvalue weighted by molar-refractivity contribution is -0.0567. The van der Waals surface area contributed by atoms with Crippen LogP contribution in [-0.2, 0) is 9.47 Å². The third kappa shape index (κ3) is 2.57. The Bertz CT molecular complexity index is 334. The van der Waals surface area contributed by atoms with Crippen LogP contribution in [0.2, 0.25) is 0 Å². The second-order valence-corrected chi connectivity index (χ2v) is 4.71. The zero-order valence-electron chi connectivity index (χ0n) is 9.65. The SMILES string of the molecule is CC(C)c1ccc(C2OCC(CCl)O2)cc1. The molecule has 2 nitrogen and oxygen atoms in total. The highest BCUT2D eigenvalue weighted by molar-refractivity contribution is 6.18. The summed E-state index contributed by atoms with van der Waals surface area (Å²) < 4.78 is 11.2. The van der Waals surface area contributed by atoms with Crippen molar-refractivity contribution in [2.45, 2.75) is 32.2 Å². The molecule has 1 aliphatic heterocycles. The lowest BCUT2D eigenvalue weighted by Crippen LogP contribution is -2.10. The summed E-state index contributed by atoms with van der Waals surface area (Å²) in [5, 5.41) is 0. The van der Waals surface area contributed by atoms with Gasteiger partial charge in [-0.05, 0) is 11.5 Å². The van der Waals surface area contributed by atoms with Gasteiger partial charge >= 0.3 is 0 Å². The first-order chi connectivity index (χ1) is 7.70. The number of halogens is 1. The quantitative estimate of drug-likeness (QED) is 0.754. The summed E-state index contributed by atoms with van der Waals surface area (Å²) in [6.45, 7) is 4.95. The van der Waals surface area contributed by atoms with E-state index >= 15 is 0 Å². The van der Waals surface area contributed by atoms with Crippen molar-refractivity contribution in [3.8, 4) is 0 Å². The molecule has 0 bridgehead atoms. The predicted octanol–water partition coefficient (Wildman–Crippen LogP) is 3.46. The van der Waals surface area contributed by atoms with Gasteiger partial charge in [0.25, 0.3) is 0 Å². The Morgan fingerprint density at radius 1 is 1.31 bits per heavy atom.